The first-order valence-corrected chi connectivity index (χ1v) is 5.41. The summed E-state index contributed by atoms with van der Waals surface area (Å²) in [4.78, 5) is 1.62. The van der Waals surface area contributed by atoms with Crippen LogP contribution in [-0.4, -0.2) is 13.1 Å². The Labute approximate surface area is 86.7 Å². The molecule has 0 radical (unpaired) electrons. The molecule has 0 spiro atoms. The van der Waals surface area contributed by atoms with E-state index in [9.17, 15) is 0 Å². The van der Waals surface area contributed by atoms with Crippen LogP contribution in [0.2, 0.25) is 0 Å². The number of hydrogen-bond acceptors (Lipinski definition) is 1. The lowest BCUT2D eigenvalue weighted by atomic mass is 10.1. The van der Waals surface area contributed by atoms with Gasteiger partial charge in [-0.25, -0.2) is 0 Å². The highest BCUT2D eigenvalue weighted by Crippen LogP contribution is 2.02. The second-order valence-corrected chi connectivity index (χ2v) is 3.65. The highest BCUT2D eigenvalue weighted by atomic mass is 15.1. The zero-order valence-corrected chi connectivity index (χ0v) is 9.22. The topological polar surface area (TPSA) is 30.5 Å². The van der Waals surface area contributed by atoms with Gasteiger partial charge in [0, 0.05) is 12.1 Å². The summed E-state index contributed by atoms with van der Waals surface area (Å²) in [5, 5.41) is 0. The molecule has 3 N–H and O–H groups in total. The largest absolute Gasteiger partial charge is 0.332 e. The Morgan fingerprint density at radius 2 is 1.50 bits per heavy atom. The van der Waals surface area contributed by atoms with Gasteiger partial charge >= 0.3 is 0 Å². The van der Waals surface area contributed by atoms with Gasteiger partial charge in [-0.15, -0.1) is 0 Å². The van der Waals surface area contributed by atoms with E-state index in [2.05, 4.69) is 38.1 Å². The van der Waals surface area contributed by atoms with E-state index < -0.39 is 0 Å². The van der Waals surface area contributed by atoms with Gasteiger partial charge in [0.15, 0.2) is 0 Å². The molecular weight excluding hydrogens is 172 g/mol. The average Bonchev–Trinajstić information content (AvgIpc) is 2.26. The monoisotopic (exact) mass is 193 g/mol. The van der Waals surface area contributed by atoms with E-state index in [4.69, 9.17) is 5.73 Å². The van der Waals surface area contributed by atoms with Crippen molar-refractivity contribution in [1.29, 1.82) is 0 Å². The summed E-state index contributed by atoms with van der Waals surface area (Å²) >= 11 is 0. The second kappa shape index (κ2) is 5.78. The van der Waals surface area contributed by atoms with E-state index in [0.29, 0.717) is 6.54 Å². The molecule has 78 valence electrons. The van der Waals surface area contributed by atoms with Crippen molar-refractivity contribution >= 4 is 0 Å². The summed E-state index contributed by atoms with van der Waals surface area (Å²) in [5.41, 5.74) is 8.16. The molecular formula is C12H21N2+. The Morgan fingerprint density at radius 3 is 1.93 bits per heavy atom. The maximum atomic E-state index is 5.55. The zero-order chi connectivity index (χ0) is 10.4. The van der Waals surface area contributed by atoms with E-state index in [1.165, 1.54) is 24.2 Å². The third kappa shape index (κ3) is 3.13. The Bertz CT molecular complexity index is 250. The van der Waals surface area contributed by atoms with Crippen LogP contribution in [0.15, 0.2) is 24.3 Å². The van der Waals surface area contributed by atoms with Gasteiger partial charge in [0.2, 0.25) is 0 Å². The lowest BCUT2D eigenvalue weighted by Crippen LogP contribution is -3.10. The molecule has 1 aromatic carbocycles. The van der Waals surface area contributed by atoms with Gasteiger partial charge in [-0.05, 0) is 19.4 Å². The van der Waals surface area contributed by atoms with Crippen molar-refractivity contribution in [2.75, 3.05) is 13.1 Å². The van der Waals surface area contributed by atoms with Crippen LogP contribution in [0.25, 0.3) is 0 Å². The zero-order valence-electron chi connectivity index (χ0n) is 9.22. The maximum Gasteiger partial charge on any atom is 0.103 e. The number of quaternary nitrogens is 1. The molecule has 2 heteroatoms. The fourth-order valence-corrected chi connectivity index (χ4v) is 1.58. The minimum atomic E-state index is 0.637. The maximum absolute atomic E-state index is 5.55. The minimum absolute atomic E-state index is 0.637. The van der Waals surface area contributed by atoms with Crippen molar-refractivity contribution in [2.24, 2.45) is 5.73 Å². The van der Waals surface area contributed by atoms with Crippen LogP contribution in [0.5, 0.6) is 0 Å². The van der Waals surface area contributed by atoms with Crippen LogP contribution in [0.3, 0.4) is 0 Å². The third-order valence-corrected chi connectivity index (χ3v) is 2.71. The van der Waals surface area contributed by atoms with Crippen LogP contribution in [0, 0.1) is 0 Å². The molecule has 0 fully saturated rings. The van der Waals surface area contributed by atoms with Crippen molar-refractivity contribution in [2.45, 2.75) is 26.9 Å². The predicted molar refractivity (Wildman–Crippen MR) is 60.1 cm³/mol. The van der Waals surface area contributed by atoms with E-state index in [-0.39, 0.29) is 0 Å². The molecule has 0 atom stereocenters. The highest BCUT2D eigenvalue weighted by Gasteiger charge is 2.03. The first-order valence-electron chi connectivity index (χ1n) is 5.41. The molecule has 0 saturated carbocycles. The molecule has 0 aromatic heterocycles. The van der Waals surface area contributed by atoms with E-state index in [1.807, 2.05) is 0 Å². The number of benzene rings is 1. The molecule has 1 aromatic rings. The Kier molecular flexibility index (Phi) is 4.63. The molecule has 0 aliphatic heterocycles. The molecule has 0 saturated heterocycles. The number of nitrogens with two attached hydrogens (primary N) is 1. The quantitative estimate of drug-likeness (QED) is 0.703. The fourth-order valence-electron chi connectivity index (χ4n) is 1.58. The first-order chi connectivity index (χ1) is 6.80. The van der Waals surface area contributed by atoms with Crippen molar-refractivity contribution in [1.82, 2.24) is 0 Å². The van der Waals surface area contributed by atoms with Crippen molar-refractivity contribution in [3.63, 3.8) is 0 Å². The van der Waals surface area contributed by atoms with E-state index in [0.717, 1.165) is 6.54 Å². The smallest absolute Gasteiger partial charge is 0.103 e. The summed E-state index contributed by atoms with van der Waals surface area (Å²) in [6.07, 6.45) is 0. The summed E-state index contributed by atoms with van der Waals surface area (Å²) in [5.74, 6) is 0. The van der Waals surface area contributed by atoms with Gasteiger partial charge in [-0.2, -0.15) is 0 Å². The highest BCUT2D eigenvalue weighted by molar-refractivity contribution is 5.21. The van der Waals surface area contributed by atoms with Crippen molar-refractivity contribution in [3.05, 3.63) is 35.4 Å². The average molecular weight is 193 g/mol. The first kappa shape index (κ1) is 11.2. The fraction of sp³-hybridized carbons (Fsp3) is 0.500. The lowest BCUT2D eigenvalue weighted by Gasteiger charge is -2.15. The van der Waals surface area contributed by atoms with Gasteiger partial charge in [0.25, 0.3) is 0 Å². The van der Waals surface area contributed by atoms with Gasteiger partial charge in [0.1, 0.15) is 6.54 Å². The van der Waals surface area contributed by atoms with Gasteiger partial charge in [0.05, 0.1) is 13.1 Å². The van der Waals surface area contributed by atoms with Gasteiger partial charge in [-0.3, -0.25) is 0 Å². The summed E-state index contributed by atoms with van der Waals surface area (Å²) < 4.78 is 0. The lowest BCUT2D eigenvalue weighted by molar-refractivity contribution is -0.910. The van der Waals surface area contributed by atoms with E-state index in [1.54, 1.807) is 4.90 Å². The standard InChI is InChI=1S/C12H20N2/c1-3-14(4-2)10-12-7-5-11(9-13)6-8-12/h5-8H,3-4,9-10,13H2,1-2H3/p+1. The van der Waals surface area contributed by atoms with E-state index >= 15 is 0 Å². The molecule has 0 amide bonds. The Balaban J connectivity index is 2.58. The van der Waals surface area contributed by atoms with Crippen LogP contribution < -0.4 is 10.6 Å². The molecule has 0 unspecified atom stereocenters. The molecule has 2 nitrogen and oxygen atoms in total. The minimum Gasteiger partial charge on any atom is -0.332 e. The normalized spacial score (nSPS) is 10.9. The molecule has 0 aliphatic rings. The van der Waals surface area contributed by atoms with Crippen LogP contribution in [0.1, 0.15) is 25.0 Å². The molecule has 14 heavy (non-hydrogen) atoms. The number of nitrogens with one attached hydrogen (secondary N) is 1. The third-order valence-electron chi connectivity index (χ3n) is 2.71. The van der Waals surface area contributed by atoms with Gasteiger partial charge < -0.3 is 10.6 Å². The molecule has 0 bridgehead atoms. The second-order valence-electron chi connectivity index (χ2n) is 3.65. The molecule has 1 rings (SSSR count). The van der Waals surface area contributed by atoms with Crippen molar-refractivity contribution in [3.8, 4) is 0 Å². The predicted octanol–water partition coefficient (Wildman–Crippen LogP) is 0.570. The van der Waals surface area contributed by atoms with Gasteiger partial charge in [-0.1, -0.05) is 24.3 Å². The SMILES string of the molecule is CC[NH+](CC)Cc1ccc(CN)cc1. The van der Waals surface area contributed by atoms with Crippen LogP contribution in [-0.2, 0) is 13.1 Å². The summed E-state index contributed by atoms with van der Waals surface area (Å²) in [6, 6.07) is 8.62. The van der Waals surface area contributed by atoms with Crippen LogP contribution >= 0.6 is 0 Å². The number of rotatable bonds is 5. The summed E-state index contributed by atoms with van der Waals surface area (Å²) in [6.45, 7) is 8.60. The molecule has 0 aliphatic carbocycles. The van der Waals surface area contributed by atoms with Crippen molar-refractivity contribution < 1.29 is 4.90 Å². The Hall–Kier alpha value is -0.860. The number of hydrogen-bond donors (Lipinski definition) is 2. The molecule has 0 heterocycles. The summed E-state index contributed by atoms with van der Waals surface area (Å²) in [7, 11) is 0. The Morgan fingerprint density at radius 1 is 1.00 bits per heavy atom. The van der Waals surface area contributed by atoms with Crippen LogP contribution in [0.4, 0.5) is 0 Å².